The van der Waals surface area contributed by atoms with Crippen LogP contribution < -0.4 is 0 Å². The molecule has 3 aromatic rings. The lowest BCUT2D eigenvalue weighted by atomic mass is 10.1. The molecule has 5 heteroatoms. The monoisotopic (exact) mass is 314 g/mol. The van der Waals surface area contributed by atoms with E-state index in [4.69, 9.17) is 4.42 Å². The van der Waals surface area contributed by atoms with Gasteiger partial charge in [0.25, 0.3) is 5.22 Å². The number of halogens is 1. The summed E-state index contributed by atoms with van der Waals surface area (Å²) in [6.07, 6.45) is 0. The molecule has 3 rings (SSSR count). The third-order valence-corrected chi connectivity index (χ3v) is 4.31. The Labute approximate surface area is 132 Å². The number of rotatable bonds is 4. The molecule has 0 unspecified atom stereocenters. The summed E-state index contributed by atoms with van der Waals surface area (Å²) in [6, 6.07) is 14.4. The number of aryl methyl sites for hydroxylation is 1. The number of hydrogen-bond donors (Lipinski definition) is 0. The van der Waals surface area contributed by atoms with Crippen LogP contribution >= 0.6 is 11.8 Å². The maximum atomic E-state index is 12.9. The van der Waals surface area contributed by atoms with Crippen molar-refractivity contribution >= 4 is 11.8 Å². The molecule has 1 aromatic heterocycles. The number of thioether (sulfide) groups is 1. The van der Waals surface area contributed by atoms with Crippen molar-refractivity contribution in [1.29, 1.82) is 0 Å². The van der Waals surface area contributed by atoms with Crippen molar-refractivity contribution in [3.8, 4) is 11.5 Å². The summed E-state index contributed by atoms with van der Waals surface area (Å²) in [7, 11) is 0. The summed E-state index contributed by atoms with van der Waals surface area (Å²) in [5, 5.41) is 8.76. The van der Waals surface area contributed by atoms with Crippen LogP contribution in [0.2, 0.25) is 0 Å². The first-order chi connectivity index (χ1) is 10.6. The molecule has 0 bridgehead atoms. The molecule has 0 radical (unpaired) electrons. The van der Waals surface area contributed by atoms with Gasteiger partial charge >= 0.3 is 0 Å². The molecule has 0 spiro atoms. The van der Waals surface area contributed by atoms with E-state index in [9.17, 15) is 4.39 Å². The van der Waals surface area contributed by atoms with Crippen LogP contribution in [0.3, 0.4) is 0 Å². The first-order valence-corrected chi connectivity index (χ1v) is 7.82. The van der Waals surface area contributed by atoms with E-state index in [0.29, 0.717) is 11.1 Å². The molecule has 2 aromatic carbocycles. The quantitative estimate of drug-likeness (QED) is 0.633. The van der Waals surface area contributed by atoms with Crippen molar-refractivity contribution < 1.29 is 8.81 Å². The fourth-order valence-corrected chi connectivity index (χ4v) is 2.83. The molecular formula is C17H15FN2OS. The van der Waals surface area contributed by atoms with Crippen molar-refractivity contribution in [2.75, 3.05) is 0 Å². The van der Waals surface area contributed by atoms with Crippen molar-refractivity contribution in [3.05, 3.63) is 65.5 Å². The van der Waals surface area contributed by atoms with Crippen molar-refractivity contribution in [1.82, 2.24) is 10.2 Å². The molecule has 22 heavy (non-hydrogen) atoms. The topological polar surface area (TPSA) is 38.9 Å². The third kappa shape index (κ3) is 3.36. The van der Waals surface area contributed by atoms with E-state index in [1.807, 2.05) is 38.1 Å². The van der Waals surface area contributed by atoms with Crippen LogP contribution in [0.1, 0.15) is 23.3 Å². The maximum absolute atomic E-state index is 12.9. The molecule has 3 nitrogen and oxygen atoms in total. The molecule has 112 valence electrons. The van der Waals surface area contributed by atoms with Crippen LogP contribution in [-0.4, -0.2) is 10.2 Å². The fraction of sp³-hybridized carbons (Fsp3) is 0.176. The highest BCUT2D eigenvalue weighted by atomic mass is 32.2. The molecule has 0 N–H and O–H groups in total. The fourth-order valence-electron chi connectivity index (χ4n) is 2.02. The van der Waals surface area contributed by atoms with E-state index in [0.717, 1.165) is 11.1 Å². The Balaban J connectivity index is 1.73. The molecule has 0 saturated carbocycles. The zero-order valence-corrected chi connectivity index (χ0v) is 13.1. The Hall–Kier alpha value is -2.14. The second kappa shape index (κ2) is 6.32. The van der Waals surface area contributed by atoms with Crippen LogP contribution in [0.25, 0.3) is 11.5 Å². The number of hydrogen-bond acceptors (Lipinski definition) is 4. The van der Waals surface area contributed by atoms with E-state index in [1.54, 1.807) is 12.1 Å². The van der Waals surface area contributed by atoms with Crippen LogP contribution in [0.15, 0.2) is 58.2 Å². The molecule has 0 aliphatic rings. The average Bonchev–Trinajstić information content (AvgIpc) is 2.97. The standard InChI is InChI=1S/C17H15FN2OS/c1-11-3-5-14(6-4-11)16-19-20-17(21-16)22-12(2)13-7-9-15(18)10-8-13/h3-10,12H,1-2H3/t12-/m1/s1. The van der Waals surface area contributed by atoms with Gasteiger partial charge < -0.3 is 4.42 Å². The smallest absolute Gasteiger partial charge is 0.277 e. The van der Waals surface area contributed by atoms with E-state index in [2.05, 4.69) is 10.2 Å². The Morgan fingerprint density at radius 3 is 2.36 bits per heavy atom. The van der Waals surface area contributed by atoms with Gasteiger partial charge in [0, 0.05) is 10.8 Å². The summed E-state index contributed by atoms with van der Waals surface area (Å²) in [5.74, 6) is 0.272. The zero-order chi connectivity index (χ0) is 15.5. The van der Waals surface area contributed by atoms with Gasteiger partial charge in [-0.1, -0.05) is 41.6 Å². The van der Waals surface area contributed by atoms with Crippen LogP contribution in [0, 0.1) is 12.7 Å². The normalized spacial score (nSPS) is 12.3. The first kappa shape index (κ1) is 14.8. The summed E-state index contributed by atoms with van der Waals surface area (Å²) in [5.41, 5.74) is 3.10. The molecule has 0 aliphatic carbocycles. The number of aromatic nitrogens is 2. The largest absolute Gasteiger partial charge is 0.411 e. The van der Waals surface area contributed by atoms with Crippen LogP contribution in [-0.2, 0) is 0 Å². The molecule has 0 fully saturated rings. The molecule has 0 saturated heterocycles. The van der Waals surface area contributed by atoms with E-state index >= 15 is 0 Å². The van der Waals surface area contributed by atoms with Gasteiger partial charge in [0.15, 0.2) is 0 Å². The molecule has 0 amide bonds. The third-order valence-electron chi connectivity index (χ3n) is 3.32. The molecule has 1 atom stereocenters. The minimum Gasteiger partial charge on any atom is -0.411 e. The molecule has 0 aliphatic heterocycles. The van der Waals surface area contributed by atoms with Gasteiger partial charge in [-0.25, -0.2) is 4.39 Å². The van der Waals surface area contributed by atoms with Crippen LogP contribution in [0.4, 0.5) is 4.39 Å². The van der Waals surface area contributed by atoms with Gasteiger partial charge in [-0.05, 0) is 43.7 Å². The summed E-state index contributed by atoms with van der Waals surface area (Å²) in [6.45, 7) is 4.05. The Kier molecular flexibility index (Phi) is 4.24. The predicted octanol–water partition coefficient (Wildman–Crippen LogP) is 5.04. The highest BCUT2D eigenvalue weighted by molar-refractivity contribution is 7.99. The number of nitrogens with zero attached hydrogens (tertiary/aromatic N) is 2. The van der Waals surface area contributed by atoms with Gasteiger partial charge in [0.2, 0.25) is 5.89 Å². The highest BCUT2D eigenvalue weighted by Crippen LogP contribution is 2.35. The van der Waals surface area contributed by atoms with Crippen LogP contribution in [0.5, 0.6) is 0 Å². The highest BCUT2D eigenvalue weighted by Gasteiger charge is 2.14. The lowest BCUT2D eigenvalue weighted by Crippen LogP contribution is -1.88. The number of benzene rings is 2. The molecular weight excluding hydrogens is 299 g/mol. The van der Waals surface area contributed by atoms with E-state index in [1.165, 1.54) is 29.5 Å². The summed E-state index contributed by atoms with van der Waals surface area (Å²) >= 11 is 1.46. The lowest BCUT2D eigenvalue weighted by Gasteiger charge is -2.08. The zero-order valence-electron chi connectivity index (χ0n) is 12.3. The van der Waals surface area contributed by atoms with Crippen molar-refractivity contribution in [2.24, 2.45) is 0 Å². The second-order valence-corrected chi connectivity index (χ2v) is 6.34. The average molecular weight is 314 g/mol. The second-order valence-electron chi connectivity index (χ2n) is 5.05. The van der Waals surface area contributed by atoms with Gasteiger partial charge in [0.1, 0.15) is 5.82 Å². The maximum Gasteiger partial charge on any atom is 0.277 e. The molecule has 1 heterocycles. The van der Waals surface area contributed by atoms with Gasteiger partial charge in [0.05, 0.1) is 0 Å². The lowest BCUT2D eigenvalue weighted by molar-refractivity contribution is 0.465. The van der Waals surface area contributed by atoms with Gasteiger partial charge in [-0.2, -0.15) is 0 Å². The predicted molar refractivity (Wildman–Crippen MR) is 85.1 cm³/mol. The first-order valence-electron chi connectivity index (χ1n) is 6.94. The van der Waals surface area contributed by atoms with Crippen molar-refractivity contribution in [2.45, 2.75) is 24.3 Å². The van der Waals surface area contributed by atoms with E-state index in [-0.39, 0.29) is 11.1 Å². The SMILES string of the molecule is Cc1ccc(-c2nnc(S[C@H](C)c3ccc(F)cc3)o2)cc1. The summed E-state index contributed by atoms with van der Waals surface area (Å²) in [4.78, 5) is 0. The van der Waals surface area contributed by atoms with Crippen molar-refractivity contribution in [3.63, 3.8) is 0 Å². The Morgan fingerprint density at radius 1 is 1.00 bits per heavy atom. The minimum atomic E-state index is -0.236. The minimum absolute atomic E-state index is 0.104. The van der Waals surface area contributed by atoms with Gasteiger partial charge in [-0.15, -0.1) is 10.2 Å². The Bertz CT molecular complexity index is 753. The van der Waals surface area contributed by atoms with Gasteiger partial charge in [-0.3, -0.25) is 0 Å². The Morgan fingerprint density at radius 2 is 1.68 bits per heavy atom. The van der Waals surface area contributed by atoms with E-state index < -0.39 is 0 Å². The summed E-state index contributed by atoms with van der Waals surface area (Å²) < 4.78 is 18.6.